The van der Waals surface area contributed by atoms with Gasteiger partial charge in [0, 0.05) is 5.41 Å². The van der Waals surface area contributed by atoms with Gasteiger partial charge >= 0.3 is 0 Å². The van der Waals surface area contributed by atoms with Gasteiger partial charge in [-0.2, -0.15) is 0 Å². The highest BCUT2D eigenvalue weighted by Crippen LogP contribution is 2.54. The van der Waals surface area contributed by atoms with Crippen LogP contribution in [0.3, 0.4) is 0 Å². The zero-order chi connectivity index (χ0) is 7.57. The van der Waals surface area contributed by atoms with Crippen molar-refractivity contribution in [1.29, 1.82) is 0 Å². The van der Waals surface area contributed by atoms with Crippen LogP contribution in [0, 0.1) is 5.41 Å². The van der Waals surface area contributed by atoms with Crippen LogP contribution in [0.15, 0.2) is 0 Å². The van der Waals surface area contributed by atoms with Crippen LogP contribution in [0.1, 0.15) is 27.2 Å². The zero-order valence-corrected chi connectivity index (χ0v) is 6.60. The van der Waals surface area contributed by atoms with Crippen LogP contribution in [0.4, 0.5) is 0 Å². The van der Waals surface area contributed by atoms with Gasteiger partial charge in [0.25, 0.3) is 0 Å². The lowest BCUT2D eigenvalue weighted by Gasteiger charge is -2.17. The Hall–Kier alpha value is -0.370. The van der Waals surface area contributed by atoms with E-state index in [4.69, 9.17) is 4.74 Å². The topological polar surface area (TPSA) is 29.6 Å². The highest BCUT2D eigenvalue weighted by Gasteiger charge is 2.67. The quantitative estimate of drug-likeness (QED) is 0.472. The molecule has 0 aromatic carbocycles. The third-order valence-electron chi connectivity index (χ3n) is 2.58. The van der Waals surface area contributed by atoms with E-state index in [1.807, 2.05) is 20.8 Å². The van der Waals surface area contributed by atoms with E-state index in [0.717, 1.165) is 6.42 Å². The highest BCUT2D eigenvalue weighted by atomic mass is 16.6. The summed E-state index contributed by atoms with van der Waals surface area (Å²) >= 11 is 0. The Morgan fingerprint density at radius 2 is 2.10 bits per heavy atom. The predicted octanol–water partition coefficient (Wildman–Crippen LogP) is 1.14. The molecule has 2 aliphatic rings. The van der Waals surface area contributed by atoms with Crippen molar-refractivity contribution in [2.45, 2.75) is 38.9 Å². The Kier molecular flexibility index (Phi) is 0.828. The molecule has 0 radical (unpaired) electrons. The fourth-order valence-electron chi connectivity index (χ4n) is 2.02. The number of ether oxygens (including phenoxy) is 1. The third kappa shape index (κ3) is 0.553. The molecule has 0 N–H and O–H groups in total. The lowest BCUT2D eigenvalue weighted by atomic mass is 9.88. The fraction of sp³-hybridized carbons (Fsp3) is 0.875. The van der Waals surface area contributed by atoms with Gasteiger partial charge in [-0.3, -0.25) is 4.79 Å². The Bertz CT molecular complexity index is 207. The maximum absolute atomic E-state index is 11.3. The average molecular weight is 140 g/mol. The standard InChI is InChI=1S/C8H12O2/c1-7(2)4-8(3)6(10-8)5(7)9/h6H,4H2,1-3H3. The van der Waals surface area contributed by atoms with E-state index < -0.39 is 0 Å². The van der Waals surface area contributed by atoms with Gasteiger partial charge in [-0.25, -0.2) is 0 Å². The minimum atomic E-state index is -0.127. The molecular formula is C8H12O2. The van der Waals surface area contributed by atoms with E-state index in [0.29, 0.717) is 0 Å². The molecule has 1 aliphatic heterocycles. The van der Waals surface area contributed by atoms with Gasteiger partial charge in [-0.05, 0) is 13.3 Å². The second kappa shape index (κ2) is 1.30. The van der Waals surface area contributed by atoms with Crippen LogP contribution in [0.2, 0.25) is 0 Å². The summed E-state index contributed by atoms with van der Waals surface area (Å²) in [7, 11) is 0. The zero-order valence-electron chi connectivity index (χ0n) is 6.60. The van der Waals surface area contributed by atoms with Crippen molar-refractivity contribution < 1.29 is 9.53 Å². The highest BCUT2D eigenvalue weighted by molar-refractivity contribution is 5.94. The van der Waals surface area contributed by atoms with Gasteiger partial charge in [0.15, 0.2) is 5.78 Å². The molecule has 0 aromatic heterocycles. The van der Waals surface area contributed by atoms with E-state index in [-0.39, 0.29) is 22.9 Å². The molecule has 0 aromatic rings. The van der Waals surface area contributed by atoms with Gasteiger partial charge in [0.2, 0.25) is 0 Å². The monoisotopic (exact) mass is 140 g/mol. The molecule has 0 amide bonds. The van der Waals surface area contributed by atoms with Crippen LogP contribution in [0.5, 0.6) is 0 Å². The van der Waals surface area contributed by atoms with E-state index in [9.17, 15) is 4.79 Å². The number of rotatable bonds is 0. The van der Waals surface area contributed by atoms with Crippen LogP contribution in [-0.4, -0.2) is 17.5 Å². The van der Waals surface area contributed by atoms with E-state index in [1.54, 1.807) is 0 Å². The van der Waals surface area contributed by atoms with Gasteiger partial charge < -0.3 is 4.74 Å². The summed E-state index contributed by atoms with van der Waals surface area (Å²) in [6.07, 6.45) is 0.825. The van der Waals surface area contributed by atoms with Gasteiger partial charge in [0.05, 0.1) is 0 Å². The van der Waals surface area contributed by atoms with E-state index in [2.05, 4.69) is 0 Å². The minimum absolute atomic E-state index is 0.0671. The molecule has 2 unspecified atom stereocenters. The Labute approximate surface area is 60.6 Å². The maximum Gasteiger partial charge on any atom is 0.170 e. The van der Waals surface area contributed by atoms with Crippen LogP contribution < -0.4 is 0 Å². The average Bonchev–Trinajstić information content (AvgIpc) is 2.33. The minimum Gasteiger partial charge on any atom is -0.358 e. The fourth-order valence-corrected chi connectivity index (χ4v) is 2.02. The smallest absolute Gasteiger partial charge is 0.170 e. The maximum atomic E-state index is 11.3. The van der Waals surface area contributed by atoms with Gasteiger partial charge in [0.1, 0.15) is 11.7 Å². The Balaban J connectivity index is 2.31. The lowest BCUT2D eigenvalue weighted by Crippen LogP contribution is -2.23. The molecular weight excluding hydrogens is 128 g/mol. The first-order valence-corrected chi connectivity index (χ1v) is 3.68. The van der Waals surface area contributed by atoms with Gasteiger partial charge in [-0.15, -0.1) is 0 Å². The summed E-state index contributed by atoms with van der Waals surface area (Å²) in [5.74, 6) is 0.287. The molecule has 56 valence electrons. The van der Waals surface area contributed by atoms with Crippen molar-refractivity contribution in [3.8, 4) is 0 Å². The number of Topliss-reactive ketones (excluding diaryl/α,β-unsaturated/α-hetero) is 1. The van der Waals surface area contributed by atoms with E-state index in [1.165, 1.54) is 0 Å². The number of carbonyl (C=O) groups is 1. The number of carbonyl (C=O) groups excluding carboxylic acids is 1. The molecule has 1 saturated carbocycles. The predicted molar refractivity (Wildman–Crippen MR) is 36.7 cm³/mol. The van der Waals surface area contributed by atoms with Crippen molar-refractivity contribution in [2.24, 2.45) is 5.41 Å². The first kappa shape index (κ1) is 6.35. The van der Waals surface area contributed by atoms with Crippen molar-refractivity contribution in [2.75, 3.05) is 0 Å². The third-order valence-corrected chi connectivity index (χ3v) is 2.58. The van der Waals surface area contributed by atoms with Gasteiger partial charge in [-0.1, -0.05) is 13.8 Å². The summed E-state index contributed by atoms with van der Waals surface area (Å²) in [6, 6.07) is 0. The molecule has 2 heteroatoms. The summed E-state index contributed by atoms with van der Waals surface area (Å²) in [4.78, 5) is 11.3. The molecule has 0 spiro atoms. The first-order valence-electron chi connectivity index (χ1n) is 3.68. The van der Waals surface area contributed by atoms with Crippen molar-refractivity contribution in [1.82, 2.24) is 0 Å². The molecule has 1 aliphatic carbocycles. The molecule has 2 fully saturated rings. The van der Waals surface area contributed by atoms with Crippen LogP contribution in [-0.2, 0) is 9.53 Å². The molecule has 2 nitrogen and oxygen atoms in total. The molecule has 1 heterocycles. The molecule has 1 saturated heterocycles. The van der Waals surface area contributed by atoms with Crippen LogP contribution in [0.25, 0.3) is 0 Å². The normalized spacial score (nSPS) is 49.1. The van der Waals surface area contributed by atoms with Crippen molar-refractivity contribution in [3.05, 3.63) is 0 Å². The Morgan fingerprint density at radius 1 is 1.50 bits per heavy atom. The second-order valence-electron chi connectivity index (χ2n) is 4.24. The summed E-state index contributed by atoms with van der Waals surface area (Å²) in [6.45, 7) is 6.01. The SMILES string of the molecule is CC1(C)CC2(C)OC2C1=O. The van der Waals surface area contributed by atoms with Crippen molar-refractivity contribution >= 4 is 5.78 Å². The lowest BCUT2D eigenvalue weighted by molar-refractivity contribution is -0.128. The molecule has 2 atom stereocenters. The largest absolute Gasteiger partial charge is 0.358 e. The number of ketones is 1. The summed E-state index contributed by atoms with van der Waals surface area (Å²) in [5.41, 5.74) is -0.210. The van der Waals surface area contributed by atoms with Crippen molar-refractivity contribution in [3.63, 3.8) is 0 Å². The molecule has 2 rings (SSSR count). The summed E-state index contributed by atoms with van der Waals surface area (Å²) in [5, 5.41) is 0. The second-order valence-corrected chi connectivity index (χ2v) is 4.24. The number of hydrogen-bond acceptors (Lipinski definition) is 2. The summed E-state index contributed by atoms with van der Waals surface area (Å²) < 4.78 is 5.24. The number of fused-ring (bicyclic) bond motifs is 1. The van der Waals surface area contributed by atoms with Crippen LogP contribution >= 0.6 is 0 Å². The number of hydrogen-bond donors (Lipinski definition) is 0. The first-order chi connectivity index (χ1) is 4.46. The molecule has 10 heavy (non-hydrogen) atoms. The number of epoxide rings is 1. The Morgan fingerprint density at radius 3 is 2.30 bits per heavy atom. The van der Waals surface area contributed by atoms with E-state index >= 15 is 0 Å². The molecule has 0 bridgehead atoms.